The van der Waals surface area contributed by atoms with Crippen LogP contribution >= 0.6 is 15.2 Å². The lowest BCUT2D eigenvalue weighted by Crippen LogP contribution is -2.56. The number of rotatable bonds is 20. The molecule has 0 saturated heterocycles. The van der Waals surface area contributed by atoms with E-state index in [0.29, 0.717) is 0 Å². The van der Waals surface area contributed by atoms with E-state index in [4.69, 9.17) is 32.5 Å². The molecule has 4 atom stereocenters. The zero-order valence-electron chi connectivity index (χ0n) is 35.3. The lowest BCUT2D eigenvalue weighted by Gasteiger charge is -2.49. The van der Waals surface area contributed by atoms with Gasteiger partial charge in [-0.15, -0.1) is 0 Å². The van der Waals surface area contributed by atoms with Crippen molar-refractivity contribution in [3.63, 3.8) is 0 Å². The first-order chi connectivity index (χ1) is 23.2. The molecule has 51 heavy (non-hydrogen) atoms. The van der Waals surface area contributed by atoms with E-state index in [1.807, 2.05) is 83.1 Å². The van der Waals surface area contributed by atoms with Gasteiger partial charge in [0.2, 0.25) is 0 Å². The van der Waals surface area contributed by atoms with E-state index in [9.17, 15) is 13.9 Å². The average Bonchev–Trinajstić information content (AvgIpc) is 2.96. The second-order valence-electron chi connectivity index (χ2n) is 17.6. The van der Waals surface area contributed by atoms with Crippen molar-refractivity contribution in [3.8, 4) is 0 Å². The summed E-state index contributed by atoms with van der Waals surface area (Å²) in [4.78, 5) is 27.1. The van der Waals surface area contributed by atoms with Gasteiger partial charge in [-0.25, -0.2) is 4.79 Å². The van der Waals surface area contributed by atoms with E-state index in [2.05, 4.69) is 0 Å². The Labute approximate surface area is 311 Å². The third-order valence-corrected chi connectivity index (χ3v) is 14.2. The summed E-state index contributed by atoms with van der Waals surface area (Å²) in [6.45, 7) is 33.2. The number of nitrogens with zero attached hydrogens (tertiary/aromatic N) is 2. The molecule has 1 saturated carbocycles. The van der Waals surface area contributed by atoms with Crippen molar-refractivity contribution in [3.05, 3.63) is 0 Å². The summed E-state index contributed by atoms with van der Waals surface area (Å²) in [5.74, 6) is -2.08. The molecule has 0 heterocycles. The van der Waals surface area contributed by atoms with Crippen LogP contribution in [0, 0.1) is 16.7 Å². The van der Waals surface area contributed by atoms with E-state index in [-0.39, 0.29) is 39.0 Å². The lowest BCUT2D eigenvalue weighted by molar-refractivity contribution is -0.287. The third kappa shape index (κ3) is 14.3. The Balaban J connectivity index is 3.54. The van der Waals surface area contributed by atoms with Gasteiger partial charge in [-0.05, 0) is 106 Å². The largest absolute Gasteiger partial charge is 0.461 e. The van der Waals surface area contributed by atoms with Crippen LogP contribution in [0.5, 0.6) is 0 Å². The summed E-state index contributed by atoms with van der Waals surface area (Å²) >= 11 is 0. The molecule has 12 nitrogen and oxygen atoms in total. The normalized spacial score (nSPS) is 18.6. The number of hydrogen-bond acceptors (Lipinski definition) is 12. The van der Waals surface area contributed by atoms with E-state index >= 15 is 0 Å². The maximum absolute atomic E-state index is 14.5. The summed E-state index contributed by atoms with van der Waals surface area (Å²) in [6, 6.07) is 0. The molecule has 1 aliphatic rings. The van der Waals surface area contributed by atoms with Crippen LogP contribution in [0.4, 0.5) is 0 Å². The third-order valence-electron chi connectivity index (χ3n) is 8.57. The predicted molar refractivity (Wildman–Crippen MR) is 204 cm³/mol. The van der Waals surface area contributed by atoms with Crippen LogP contribution in [0.1, 0.15) is 150 Å². The first kappa shape index (κ1) is 48.6. The Morgan fingerprint density at radius 3 is 1.29 bits per heavy atom. The maximum atomic E-state index is 14.5. The molecule has 0 N–H and O–H groups in total. The van der Waals surface area contributed by atoms with Crippen LogP contribution in [-0.2, 0) is 46.4 Å². The van der Waals surface area contributed by atoms with Crippen LogP contribution in [0.3, 0.4) is 0 Å². The molecule has 0 amide bonds. The number of ether oxygens (including phenoxy) is 1. The fourth-order valence-corrected chi connectivity index (χ4v) is 11.9. The van der Waals surface area contributed by atoms with Gasteiger partial charge >= 0.3 is 21.2 Å². The van der Waals surface area contributed by atoms with Crippen LogP contribution in [-0.4, -0.2) is 84.0 Å². The molecular weight excluding hydrogens is 694 g/mol. The quantitative estimate of drug-likeness (QED) is 0.0665. The molecule has 0 aromatic rings. The number of esters is 1. The van der Waals surface area contributed by atoms with Crippen molar-refractivity contribution >= 4 is 21.2 Å². The standard InChI is InChI=1S/C37H76N2O10P2/c1-18-44-50(41,45-19-2)32(34(6,7)8)38(36(12,13)14)48-28(5)31(40)43-27-30(29-25-23-22-24-26-29)49-39(37(15,16)17)33(35(9,10)11)51(42,46-20-3)47-21-4/h28-30,32-33H,18-27H2,1-17H3. The SMILES string of the molecule is CCOP(=O)(OCC)C(N(OC(C)C(=O)OCC(ON(C(C(C)(C)C)P(=O)(OCC)OCC)C(C)(C)C)C1CCCCC1)C(C)(C)C)C(C)(C)C. The second-order valence-corrected chi connectivity index (χ2v) is 21.8. The Morgan fingerprint density at radius 2 is 0.980 bits per heavy atom. The molecule has 0 aliphatic heterocycles. The zero-order chi connectivity index (χ0) is 39.6. The van der Waals surface area contributed by atoms with Crippen molar-refractivity contribution < 1.29 is 46.4 Å². The zero-order valence-corrected chi connectivity index (χ0v) is 37.1. The number of hydroxylamine groups is 4. The van der Waals surface area contributed by atoms with Crippen LogP contribution < -0.4 is 0 Å². The highest BCUT2D eigenvalue weighted by Gasteiger charge is 2.54. The highest BCUT2D eigenvalue weighted by molar-refractivity contribution is 7.55. The molecule has 1 rings (SSSR count). The van der Waals surface area contributed by atoms with Crippen LogP contribution in [0.15, 0.2) is 0 Å². The van der Waals surface area contributed by atoms with E-state index < -0.39 is 66.8 Å². The fraction of sp³-hybridized carbons (Fsp3) is 0.973. The summed E-state index contributed by atoms with van der Waals surface area (Å²) < 4.78 is 58.3. The fourth-order valence-electron chi connectivity index (χ4n) is 6.55. The lowest BCUT2D eigenvalue weighted by atomic mass is 9.85. The number of hydrogen-bond donors (Lipinski definition) is 0. The number of carbonyl (C=O) groups is 1. The highest BCUT2D eigenvalue weighted by atomic mass is 31.2. The van der Waals surface area contributed by atoms with Crippen molar-refractivity contribution in [2.75, 3.05) is 33.0 Å². The van der Waals surface area contributed by atoms with Crippen molar-refractivity contribution in [2.45, 2.75) is 185 Å². The summed E-state index contributed by atoms with van der Waals surface area (Å²) in [6.07, 6.45) is 3.46. The second kappa shape index (κ2) is 20.0. The molecule has 1 aliphatic carbocycles. The van der Waals surface area contributed by atoms with Crippen molar-refractivity contribution in [1.29, 1.82) is 0 Å². The topological polar surface area (TPSA) is 122 Å². The minimum atomic E-state index is -3.74. The molecule has 0 aromatic carbocycles. The van der Waals surface area contributed by atoms with Crippen molar-refractivity contribution in [1.82, 2.24) is 10.1 Å². The summed E-state index contributed by atoms with van der Waals surface area (Å²) in [7, 11) is -7.45. The summed E-state index contributed by atoms with van der Waals surface area (Å²) in [5, 5.41) is 3.37. The summed E-state index contributed by atoms with van der Waals surface area (Å²) in [5.41, 5.74) is -2.53. The molecule has 1 fully saturated rings. The first-order valence-electron chi connectivity index (χ1n) is 19.1. The first-order valence-corrected chi connectivity index (χ1v) is 22.3. The van der Waals surface area contributed by atoms with Gasteiger partial charge in [0.25, 0.3) is 0 Å². The van der Waals surface area contributed by atoms with Gasteiger partial charge in [-0.2, -0.15) is 10.1 Å². The Hall–Kier alpha value is -0.390. The Bertz CT molecular complexity index is 1120. The molecule has 304 valence electrons. The minimum absolute atomic E-state index is 0.0389. The van der Waals surface area contributed by atoms with Gasteiger partial charge in [0.15, 0.2) is 6.10 Å². The minimum Gasteiger partial charge on any atom is -0.461 e. The Kier molecular flexibility index (Phi) is 19.0. The monoisotopic (exact) mass is 770 g/mol. The van der Waals surface area contributed by atoms with Gasteiger partial charge in [-0.1, -0.05) is 60.8 Å². The Morgan fingerprint density at radius 1 is 0.627 bits per heavy atom. The molecule has 0 radical (unpaired) electrons. The van der Waals surface area contributed by atoms with Gasteiger partial charge < -0.3 is 22.8 Å². The van der Waals surface area contributed by atoms with E-state index in [1.54, 1.807) is 44.7 Å². The molecular formula is C37H76N2O10P2. The van der Waals surface area contributed by atoms with Crippen LogP contribution in [0.2, 0.25) is 0 Å². The van der Waals surface area contributed by atoms with Gasteiger partial charge in [0.1, 0.15) is 24.3 Å². The molecule has 0 spiro atoms. The molecule has 4 unspecified atom stereocenters. The predicted octanol–water partition coefficient (Wildman–Crippen LogP) is 10.2. The average molecular weight is 771 g/mol. The highest BCUT2D eigenvalue weighted by Crippen LogP contribution is 2.62. The molecule has 14 heteroatoms. The van der Waals surface area contributed by atoms with Crippen molar-refractivity contribution in [2.24, 2.45) is 16.7 Å². The molecule has 0 bridgehead atoms. The van der Waals surface area contributed by atoms with Gasteiger partial charge in [0.05, 0.1) is 26.4 Å². The smallest absolute Gasteiger partial charge is 0.350 e. The maximum Gasteiger partial charge on any atom is 0.350 e. The molecule has 0 aromatic heterocycles. The van der Waals surface area contributed by atoms with Gasteiger partial charge in [-0.3, -0.25) is 18.8 Å². The van der Waals surface area contributed by atoms with E-state index in [1.165, 1.54) is 0 Å². The van der Waals surface area contributed by atoms with Gasteiger partial charge in [0, 0.05) is 11.1 Å². The van der Waals surface area contributed by atoms with E-state index in [0.717, 1.165) is 32.1 Å². The number of carbonyl (C=O) groups excluding carboxylic acids is 1. The van der Waals surface area contributed by atoms with Crippen LogP contribution in [0.25, 0.3) is 0 Å².